The number of hydrogen-bond acceptors (Lipinski definition) is 6. The number of carbonyl (C=O) groups excluding carboxylic acids is 2. The Morgan fingerprint density at radius 2 is 1.82 bits per heavy atom. The van der Waals surface area contributed by atoms with E-state index >= 15 is 0 Å². The van der Waals surface area contributed by atoms with Gasteiger partial charge in [-0.2, -0.15) is 0 Å². The minimum atomic E-state index is -0.154. The van der Waals surface area contributed by atoms with Crippen LogP contribution in [-0.2, 0) is 9.53 Å². The molecule has 1 unspecified atom stereocenters. The first kappa shape index (κ1) is 24.6. The Kier molecular flexibility index (Phi) is 8.15. The van der Waals surface area contributed by atoms with Gasteiger partial charge >= 0.3 is 0 Å². The Morgan fingerprint density at radius 1 is 1.09 bits per heavy atom. The van der Waals surface area contributed by atoms with E-state index in [1.54, 1.807) is 11.3 Å². The third-order valence-electron chi connectivity index (χ3n) is 5.95. The fraction of sp³-hybridized carbons (Fsp3) is 0.385. The lowest BCUT2D eigenvalue weighted by Crippen LogP contribution is -2.41. The van der Waals surface area contributed by atoms with Crippen LogP contribution in [0.2, 0.25) is 0 Å². The van der Waals surface area contributed by atoms with Gasteiger partial charge in [-0.1, -0.05) is 50.2 Å². The van der Waals surface area contributed by atoms with E-state index in [1.165, 1.54) is 16.2 Å². The first-order chi connectivity index (χ1) is 16.5. The summed E-state index contributed by atoms with van der Waals surface area (Å²) in [6.45, 7) is 8.60. The molecule has 1 fully saturated rings. The van der Waals surface area contributed by atoms with Crippen molar-refractivity contribution in [3.63, 3.8) is 0 Å². The maximum atomic E-state index is 13.5. The van der Waals surface area contributed by atoms with Gasteiger partial charge in [-0.3, -0.25) is 9.59 Å². The number of thiophene rings is 2. The molecule has 1 saturated heterocycles. The number of morpholine rings is 1. The zero-order valence-electron chi connectivity index (χ0n) is 19.8. The predicted octanol–water partition coefficient (Wildman–Crippen LogP) is 5.18. The lowest BCUT2D eigenvalue weighted by atomic mass is 10.0. The van der Waals surface area contributed by atoms with E-state index in [0.29, 0.717) is 42.8 Å². The molecule has 0 bridgehead atoms. The molecule has 180 valence electrons. The number of nitrogens with one attached hydrogen (secondary N) is 2. The minimum Gasteiger partial charge on any atom is -0.378 e. The van der Waals surface area contributed by atoms with Crippen LogP contribution in [0.4, 0.5) is 5.00 Å². The van der Waals surface area contributed by atoms with Crippen molar-refractivity contribution in [1.29, 1.82) is 0 Å². The van der Waals surface area contributed by atoms with Crippen molar-refractivity contribution < 1.29 is 14.3 Å². The van der Waals surface area contributed by atoms with Gasteiger partial charge in [0.1, 0.15) is 5.00 Å². The molecule has 0 aliphatic carbocycles. The van der Waals surface area contributed by atoms with Gasteiger partial charge in [0.25, 0.3) is 5.91 Å². The summed E-state index contributed by atoms with van der Waals surface area (Å²) in [5, 5.41) is 9.10. The lowest BCUT2D eigenvalue weighted by molar-refractivity contribution is -0.115. The number of nitrogens with zero attached hydrogens (tertiary/aromatic N) is 1. The third-order valence-corrected chi connectivity index (χ3v) is 8.16. The highest BCUT2D eigenvalue weighted by Crippen LogP contribution is 2.40. The molecule has 6 nitrogen and oxygen atoms in total. The molecular weight excluding hydrogens is 466 g/mol. The summed E-state index contributed by atoms with van der Waals surface area (Å²) in [6, 6.07) is 14.2. The molecule has 8 heteroatoms. The van der Waals surface area contributed by atoms with Gasteiger partial charge in [-0.25, -0.2) is 0 Å². The highest BCUT2D eigenvalue weighted by Gasteiger charge is 2.28. The van der Waals surface area contributed by atoms with E-state index in [-0.39, 0.29) is 24.4 Å². The number of benzene rings is 1. The van der Waals surface area contributed by atoms with Crippen LogP contribution in [0.15, 0.2) is 47.8 Å². The van der Waals surface area contributed by atoms with Gasteiger partial charge in [0.2, 0.25) is 5.91 Å². The molecule has 2 N–H and O–H groups in total. The molecule has 0 spiro atoms. The highest BCUT2D eigenvalue weighted by molar-refractivity contribution is 7.20. The zero-order chi connectivity index (χ0) is 24.1. The SMILES string of the molecule is Cc1c(-c2ccccc2)sc(NC(=O)CNC(c2cccs2)C(C)C)c1C(=O)N1CCOCC1. The summed E-state index contributed by atoms with van der Waals surface area (Å²) < 4.78 is 5.42. The van der Waals surface area contributed by atoms with Crippen molar-refractivity contribution in [3.8, 4) is 10.4 Å². The third kappa shape index (κ3) is 5.58. The van der Waals surface area contributed by atoms with Crippen LogP contribution in [0, 0.1) is 12.8 Å². The van der Waals surface area contributed by atoms with Gasteiger partial charge in [-0.05, 0) is 35.4 Å². The molecule has 34 heavy (non-hydrogen) atoms. The smallest absolute Gasteiger partial charge is 0.257 e. The molecule has 1 aromatic carbocycles. The summed E-state index contributed by atoms with van der Waals surface area (Å²) in [4.78, 5) is 30.5. The maximum Gasteiger partial charge on any atom is 0.257 e. The van der Waals surface area contributed by atoms with E-state index < -0.39 is 0 Å². The molecular formula is C26H31N3O3S2. The molecule has 4 rings (SSSR count). The number of ether oxygens (including phenoxy) is 1. The number of amides is 2. The number of hydrogen-bond donors (Lipinski definition) is 2. The number of carbonyl (C=O) groups is 2. The maximum absolute atomic E-state index is 13.5. The Morgan fingerprint density at radius 3 is 2.47 bits per heavy atom. The van der Waals surface area contributed by atoms with E-state index in [9.17, 15) is 9.59 Å². The van der Waals surface area contributed by atoms with Crippen molar-refractivity contribution in [2.45, 2.75) is 26.8 Å². The van der Waals surface area contributed by atoms with E-state index in [2.05, 4.69) is 35.9 Å². The Hall–Kier alpha value is -2.52. The van der Waals surface area contributed by atoms with Crippen LogP contribution in [0.3, 0.4) is 0 Å². The molecule has 2 aromatic heterocycles. The quantitative estimate of drug-likeness (QED) is 0.450. The number of anilines is 1. The van der Waals surface area contributed by atoms with Gasteiger partial charge in [-0.15, -0.1) is 22.7 Å². The second-order valence-corrected chi connectivity index (χ2v) is 10.7. The average molecular weight is 498 g/mol. The Labute approximate surface area is 208 Å². The molecule has 1 aliphatic rings. The molecule has 1 atom stereocenters. The summed E-state index contributed by atoms with van der Waals surface area (Å²) >= 11 is 3.15. The summed E-state index contributed by atoms with van der Waals surface area (Å²) in [5.74, 6) is 0.138. The monoisotopic (exact) mass is 497 g/mol. The van der Waals surface area contributed by atoms with E-state index in [0.717, 1.165) is 16.0 Å². The lowest BCUT2D eigenvalue weighted by Gasteiger charge is -2.27. The van der Waals surface area contributed by atoms with E-state index in [1.807, 2.05) is 48.2 Å². The summed E-state index contributed by atoms with van der Waals surface area (Å²) in [7, 11) is 0. The second kappa shape index (κ2) is 11.3. The average Bonchev–Trinajstić information content (AvgIpc) is 3.48. The van der Waals surface area contributed by atoms with Crippen molar-refractivity contribution in [3.05, 3.63) is 63.8 Å². The minimum absolute atomic E-state index is 0.0545. The van der Waals surface area contributed by atoms with E-state index in [4.69, 9.17) is 4.74 Å². The van der Waals surface area contributed by atoms with Crippen LogP contribution in [0.25, 0.3) is 10.4 Å². The standard InChI is InChI=1S/C26H31N3O3S2/c1-17(2)23(20-10-7-15-33-20)27-16-21(30)28-25-22(26(31)29-11-13-32-14-12-29)18(3)24(34-25)19-8-5-4-6-9-19/h4-10,15,17,23,27H,11-14,16H2,1-3H3,(H,28,30). The van der Waals surface area contributed by atoms with Gasteiger partial charge < -0.3 is 20.3 Å². The first-order valence-electron chi connectivity index (χ1n) is 11.6. The normalized spacial score (nSPS) is 14.9. The van der Waals surface area contributed by atoms with Crippen LogP contribution >= 0.6 is 22.7 Å². The number of rotatable bonds is 8. The molecule has 3 aromatic rings. The highest BCUT2D eigenvalue weighted by atomic mass is 32.1. The Balaban J connectivity index is 1.57. The van der Waals surface area contributed by atoms with Crippen molar-refractivity contribution in [2.75, 3.05) is 38.2 Å². The summed E-state index contributed by atoms with van der Waals surface area (Å²) in [5.41, 5.74) is 2.52. The molecule has 2 amide bonds. The fourth-order valence-corrected chi connectivity index (χ4v) is 6.35. The molecule has 0 radical (unpaired) electrons. The zero-order valence-corrected chi connectivity index (χ0v) is 21.4. The topological polar surface area (TPSA) is 70.7 Å². The molecule has 1 aliphatic heterocycles. The van der Waals surface area contributed by atoms with Gasteiger partial charge in [0, 0.05) is 28.9 Å². The largest absolute Gasteiger partial charge is 0.378 e. The molecule has 3 heterocycles. The van der Waals surface area contributed by atoms with Crippen LogP contribution in [0.5, 0.6) is 0 Å². The van der Waals surface area contributed by atoms with Crippen LogP contribution < -0.4 is 10.6 Å². The van der Waals surface area contributed by atoms with Crippen molar-refractivity contribution >= 4 is 39.5 Å². The fourth-order valence-electron chi connectivity index (χ4n) is 4.16. The predicted molar refractivity (Wildman–Crippen MR) is 140 cm³/mol. The van der Waals surface area contributed by atoms with Gasteiger partial charge in [0.05, 0.1) is 25.3 Å². The van der Waals surface area contributed by atoms with Crippen molar-refractivity contribution in [1.82, 2.24) is 10.2 Å². The first-order valence-corrected chi connectivity index (χ1v) is 13.3. The molecule has 0 saturated carbocycles. The van der Waals surface area contributed by atoms with Gasteiger partial charge in [0.15, 0.2) is 0 Å². The van der Waals surface area contributed by atoms with Crippen molar-refractivity contribution in [2.24, 2.45) is 5.92 Å². The summed E-state index contributed by atoms with van der Waals surface area (Å²) in [6.07, 6.45) is 0. The van der Waals surface area contributed by atoms with Crippen LogP contribution in [0.1, 0.15) is 40.7 Å². The second-order valence-electron chi connectivity index (χ2n) is 8.70. The Bertz CT molecular complexity index is 1100. The van der Waals surface area contributed by atoms with Crippen LogP contribution in [-0.4, -0.2) is 49.6 Å².